The van der Waals surface area contributed by atoms with Gasteiger partial charge in [-0.05, 0) is 43.0 Å². The quantitative estimate of drug-likeness (QED) is 0.904. The molecule has 2 N–H and O–H groups in total. The number of nitrogens with two attached hydrogens (primary N) is 1. The van der Waals surface area contributed by atoms with E-state index >= 15 is 0 Å². The number of carbonyl (C=O) groups excluding carboxylic acids is 1. The summed E-state index contributed by atoms with van der Waals surface area (Å²) < 4.78 is 10.2. The van der Waals surface area contributed by atoms with Crippen LogP contribution in [0.15, 0.2) is 23.2 Å². The molecule has 0 saturated carbocycles. The van der Waals surface area contributed by atoms with Gasteiger partial charge in [0.1, 0.15) is 12.1 Å². The molecule has 0 aromatic heterocycles. The Morgan fingerprint density at radius 1 is 1.50 bits per heavy atom. The van der Waals surface area contributed by atoms with Crippen molar-refractivity contribution in [3.8, 4) is 0 Å². The van der Waals surface area contributed by atoms with Crippen molar-refractivity contribution >= 4 is 17.8 Å². The molecular weight excluding hydrogens is 282 g/mol. The number of carbonyl (C=O) groups is 1. The fourth-order valence-corrected chi connectivity index (χ4v) is 3.25. The molecule has 6 heteroatoms. The molecule has 1 spiro atoms. The van der Waals surface area contributed by atoms with Crippen LogP contribution in [-0.4, -0.2) is 37.9 Å². The fraction of sp³-hybridized carbons (Fsp3) is 0.500. The summed E-state index contributed by atoms with van der Waals surface area (Å²) in [7, 11) is 1.39. The second-order valence-corrected chi connectivity index (χ2v) is 5.81. The van der Waals surface area contributed by atoms with Crippen LogP contribution < -0.4 is 10.6 Å². The topological polar surface area (TPSA) is 77.2 Å². The van der Waals surface area contributed by atoms with Crippen LogP contribution in [0, 0.1) is 0 Å². The first-order valence-electron chi connectivity index (χ1n) is 7.52. The number of anilines is 1. The largest absolute Gasteiger partial charge is 0.463 e. The number of rotatable bonds is 2. The molecule has 1 aromatic rings. The molecule has 2 aliphatic rings. The van der Waals surface area contributed by atoms with Crippen molar-refractivity contribution in [2.24, 2.45) is 10.7 Å². The molecule has 3 rings (SSSR count). The molecule has 1 heterocycles. The van der Waals surface area contributed by atoms with Gasteiger partial charge in [0.25, 0.3) is 6.02 Å². The number of amides is 1. The summed E-state index contributed by atoms with van der Waals surface area (Å²) >= 11 is 0. The van der Waals surface area contributed by atoms with Crippen LogP contribution in [0.4, 0.5) is 10.5 Å². The number of fused-ring (bicyclic) bond motifs is 1. The van der Waals surface area contributed by atoms with Crippen molar-refractivity contribution < 1.29 is 14.3 Å². The van der Waals surface area contributed by atoms with E-state index in [1.54, 1.807) is 4.90 Å². The minimum absolute atomic E-state index is 0.238. The zero-order chi connectivity index (χ0) is 15.7. The highest BCUT2D eigenvalue weighted by Crippen LogP contribution is 2.36. The maximum Gasteiger partial charge on any atom is 0.413 e. The number of nitrogens with zero attached hydrogens (tertiary/aromatic N) is 2. The summed E-state index contributed by atoms with van der Waals surface area (Å²) in [6.07, 6.45) is 2.32. The standard InChI is InChI=1S/C16H21N3O3/c1-3-19(15(20)21-2)13-5-4-11-6-7-16(9-12(11)8-13)10-22-14(17)18-16/h4-5,8H,3,6-7,9-10H2,1-2H3,(H2,17,18). The van der Waals surface area contributed by atoms with Gasteiger partial charge in [-0.3, -0.25) is 4.90 Å². The number of benzene rings is 1. The fourth-order valence-electron chi connectivity index (χ4n) is 3.25. The molecule has 1 atom stereocenters. The third kappa shape index (κ3) is 2.49. The number of ether oxygens (including phenoxy) is 2. The van der Waals surface area contributed by atoms with E-state index < -0.39 is 0 Å². The number of hydrogen-bond acceptors (Lipinski definition) is 5. The molecule has 0 fully saturated rings. The molecule has 6 nitrogen and oxygen atoms in total. The highest BCUT2D eigenvalue weighted by Gasteiger charge is 2.39. The van der Waals surface area contributed by atoms with Gasteiger partial charge in [0.15, 0.2) is 0 Å². The van der Waals surface area contributed by atoms with Crippen LogP contribution in [-0.2, 0) is 22.3 Å². The van der Waals surface area contributed by atoms with Crippen LogP contribution in [0.25, 0.3) is 0 Å². The van der Waals surface area contributed by atoms with E-state index in [1.807, 2.05) is 13.0 Å². The summed E-state index contributed by atoms with van der Waals surface area (Å²) in [5.41, 5.74) is 8.79. The number of aliphatic imine (C=N–C) groups is 1. The Balaban J connectivity index is 1.90. The first kappa shape index (κ1) is 14.7. The van der Waals surface area contributed by atoms with E-state index in [4.69, 9.17) is 15.2 Å². The molecule has 1 amide bonds. The Bertz CT molecular complexity index is 629. The summed E-state index contributed by atoms with van der Waals surface area (Å²) in [6, 6.07) is 6.40. The molecule has 1 aliphatic carbocycles. The van der Waals surface area contributed by atoms with Crippen molar-refractivity contribution in [3.63, 3.8) is 0 Å². The lowest BCUT2D eigenvalue weighted by atomic mass is 9.79. The monoisotopic (exact) mass is 303 g/mol. The number of hydrogen-bond donors (Lipinski definition) is 1. The van der Waals surface area contributed by atoms with Crippen molar-refractivity contribution in [2.45, 2.75) is 31.7 Å². The van der Waals surface area contributed by atoms with Gasteiger partial charge < -0.3 is 15.2 Å². The third-order valence-electron chi connectivity index (χ3n) is 4.43. The molecule has 1 aliphatic heterocycles. The maximum atomic E-state index is 11.8. The molecule has 0 bridgehead atoms. The van der Waals surface area contributed by atoms with E-state index in [0.29, 0.717) is 13.2 Å². The van der Waals surface area contributed by atoms with Gasteiger partial charge in [-0.1, -0.05) is 6.07 Å². The first-order chi connectivity index (χ1) is 10.6. The first-order valence-corrected chi connectivity index (χ1v) is 7.52. The summed E-state index contributed by atoms with van der Waals surface area (Å²) in [5.74, 6) is 0. The van der Waals surface area contributed by atoms with Crippen LogP contribution in [0.5, 0.6) is 0 Å². The van der Waals surface area contributed by atoms with Crippen molar-refractivity contribution in [3.05, 3.63) is 29.3 Å². The molecular formula is C16H21N3O3. The Labute approximate surface area is 129 Å². The summed E-state index contributed by atoms with van der Waals surface area (Å²) in [6.45, 7) is 3.02. The maximum absolute atomic E-state index is 11.8. The average Bonchev–Trinajstić information content (AvgIpc) is 2.87. The van der Waals surface area contributed by atoms with E-state index in [1.165, 1.54) is 18.2 Å². The molecule has 1 unspecified atom stereocenters. The van der Waals surface area contributed by atoms with E-state index in [9.17, 15) is 4.79 Å². The Kier molecular flexibility index (Phi) is 3.68. The van der Waals surface area contributed by atoms with Gasteiger partial charge in [-0.2, -0.15) is 0 Å². The lowest BCUT2D eigenvalue weighted by Crippen LogP contribution is -2.36. The summed E-state index contributed by atoms with van der Waals surface area (Å²) in [5, 5.41) is 0. The van der Waals surface area contributed by atoms with Gasteiger partial charge in [0.2, 0.25) is 0 Å². The zero-order valence-corrected chi connectivity index (χ0v) is 13.0. The number of aryl methyl sites for hydroxylation is 1. The molecule has 0 saturated heterocycles. The minimum Gasteiger partial charge on any atom is -0.463 e. The van der Waals surface area contributed by atoms with Crippen LogP contribution in [0.2, 0.25) is 0 Å². The van der Waals surface area contributed by atoms with Gasteiger partial charge in [-0.15, -0.1) is 0 Å². The Morgan fingerprint density at radius 2 is 2.32 bits per heavy atom. The predicted octanol–water partition coefficient (Wildman–Crippen LogP) is 1.85. The van der Waals surface area contributed by atoms with Gasteiger partial charge in [0, 0.05) is 18.7 Å². The lowest BCUT2D eigenvalue weighted by molar-refractivity contribution is 0.179. The second-order valence-electron chi connectivity index (χ2n) is 5.81. The van der Waals surface area contributed by atoms with Gasteiger partial charge in [0.05, 0.1) is 7.11 Å². The molecule has 1 aromatic carbocycles. The summed E-state index contributed by atoms with van der Waals surface area (Å²) in [4.78, 5) is 18.0. The van der Waals surface area contributed by atoms with E-state index in [-0.39, 0.29) is 17.7 Å². The predicted molar refractivity (Wildman–Crippen MR) is 84.2 cm³/mol. The zero-order valence-electron chi connectivity index (χ0n) is 13.0. The average molecular weight is 303 g/mol. The van der Waals surface area contributed by atoms with E-state index in [0.717, 1.165) is 24.9 Å². The Morgan fingerprint density at radius 3 is 2.95 bits per heavy atom. The number of methoxy groups -OCH3 is 1. The normalized spacial score (nSPS) is 22.7. The minimum atomic E-state index is -0.348. The molecule has 22 heavy (non-hydrogen) atoms. The van der Waals surface area contributed by atoms with Crippen molar-refractivity contribution in [1.29, 1.82) is 0 Å². The van der Waals surface area contributed by atoms with Gasteiger partial charge in [-0.25, -0.2) is 9.79 Å². The van der Waals surface area contributed by atoms with Crippen LogP contribution in [0.3, 0.4) is 0 Å². The highest BCUT2D eigenvalue weighted by atomic mass is 16.5. The third-order valence-corrected chi connectivity index (χ3v) is 4.43. The van der Waals surface area contributed by atoms with E-state index in [2.05, 4.69) is 17.1 Å². The Hall–Kier alpha value is -2.24. The van der Waals surface area contributed by atoms with Crippen molar-refractivity contribution in [1.82, 2.24) is 0 Å². The highest BCUT2D eigenvalue weighted by molar-refractivity contribution is 5.87. The van der Waals surface area contributed by atoms with Crippen LogP contribution >= 0.6 is 0 Å². The lowest BCUT2D eigenvalue weighted by Gasteiger charge is -2.31. The van der Waals surface area contributed by atoms with Crippen molar-refractivity contribution in [2.75, 3.05) is 25.2 Å². The second kappa shape index (κ2) is 5.51. The molecule has 0 radical (unpaired) electrons. The SMILES string of the molecule is CCN(C(=O)OC)c1ccc2c(c1)CC1(CC2)COC(N)=N1. The number of amidine groups is 1. The molecule has 118 valence electrons. The van der Waals surface area contributed by atoms with Gasteiger partial charge >= 0.3 is 6.09 Å². The smallest absolute Gasteiger partial charge is 0.413 e. The van der Waals surface area contributed by atoms with Crippen LogP contribution in [0.1, 0.15) is 24.5 Å².